The van der Waals surface area contributed by atoms with E-state index in [4.69, 9.17) is 28.6 Å². The molecule has 0 aliphatic carbocycles. The summed E-state index contributed by atoms with van der Waals surface area (Å²) in [5.74, 6) is -0.399. The Morgan fingerprint density at radius 1 is 1.06 bits per heavy atom. The zero-order chi connectivity index (χ0) is 34.7. The van der Waals surface area contributed by atoms with E-state index < -0.39 is 11.6 Å². The van der Waals surface area contributed by atoms with E-state index in [0.717, 1.165) is 25.0 Å². The van der Waals surface area contributed by atoms with Crippen LogP contribution < -0.4 is 5.76 Å². The number of aromatic nitrogens is 4. The van der Waals surface area contributed by atoms with Crippen molar-refractivity contribution in [3.05, 3.63) is 86.7 Å². The number of aryl methyl sites for hydroxylation is 2. The maximum Gasteiger partial charge on any atom is 0.420 e. The molecule has 1 amide bonds. The average molecular weight is 679 g/mol. The first-order chi connectivity index (χ1) is 24.1. The molecule has 0 saturated carbocycles. The Hall–Kier alpha value is -5.19. The van der Waals surface area contributed by atoms with Crippen molar-refractivity contribution in [3.63, 3.8) is 0 Å². The number of morpholine rings is 1. The highest BCUT2D eigenvalue weighted by molar-refractivity contribution is 6.08. The normalized spacial score (nSPS) is 19.8. The Kier molecular flexibility index (Phi) is 7.88. The van der Waals surface area contributed by atoms with Crippen molar-refractivity contribution in [2.24, 2.45) is 5.92 Å². The molecular formula is C37H35FN6O6. The first-order valence-corrected chi connectivity index (χ1v) is 16.8. The van der Waals surface area contributed by atoms with Crippen molar-refractivity contribution in [1.29, 1.82) is 5.26 Å². The molecule has 2 aromatic carbocycles. The van der Waals surface area contributed by atoms with Crippen LogP contribution in [0.1, 0.15) is 77.9 Å². The van der Waals surface area contributed by atoms with E-state index in [-0.39, 0.29) is 41.1 Å². The molecule has 0 bridgehead atoms. The number of carbonyl (C=O) groups is 1. The van der Waals surface area contributed by atoms with E-state index in [1.54, 1.807) is 25.1 Å². The lowest BCUT2D eigenvalue weighted by molar-refractivity contribution is -0.0734. The van der Waals surface area contributed by atoms with Crippen LogP contribution in [0.15, 0.2) is 50.0 Å². The summed E-state index contributed by atoms with van der Waals surface area (Å²) < 4.78 is 39.4. The Morgan fingerprint density at radius 2 is 1.92 bits per heavy atom. The van der Waals surface area contributed by atoms with Gasteiger partial charge in [-0.1, -0.05) is 12.1 Å². The molecule has 12 nitrogen and oxygen atoms in total. The van der Waals surface area contributed by atoms with Crippen molar-refractivity contribution in [2.75, 3.05) is 26.4 Å². The van der Waals surface area contributed by atoms with E-state index in [2.05, 4.69) is 24.0 Å². The Morgan fingerprint density at radius 3 is 2.68 bits per heavy atom. The second kappa shape index (κ2) is 12.3. The number of hydrogen-bond donors (Lipinski definition) is 0. The Labute approximate surface area is 286 Å². The molecule has 3 aromatic heterocycles. The number of benzene rings is 2. The molecule has 3 aliphatic heterocycles. The summed E-state index contributed by atoms with van der Waals surface area (Å²) in [4.78, 5) is 34.4. The zero-order valence-corrected chi connectivity index (χ0v) is 28.0. The highest BCUT2D eigenvalue weighted by Crippen LogP contribution is 2.46. The van der Waals surface area contributed by atoms with Gasteiger partial charge in [0.25, 0.3) is 5.91 Å². The van der Waals surface area contributed by atoms with Crippen LogP contribution in [0.2, 0.25) is 0 Å². The fourth-order valence-corrected chi connectivity index (χ4v) is 7.67. The Balaban J connectivity index is 1.28. The quantitative estimate of drug-likeness (QED) is 0.209. The number of nitriles is 1. The summed E-state index contributed by atoms with van der Waals surface area (Å²) in [5.41, 5.74) is 4.62. The topological polar surface area (TPSA) is 150 Å². The monoisotopic (exact) mass is 678 g/mol. The van der Waals surface area contributed by atoms with E-state index in [9.17, 15) is 14.0 Å². The molecule has 0 N–H and O–H groups in total. The maximum absolute atomic E-state index is 14.4. The van der Waals surface area contributed by atoms with Crippen molar-refractivity contribution in [3.8, 4) is 28.7 Å². The number of rotatable bonds is 7. The molecule has 256 valence electrons. The van der Waals surface area contributed by atoms with Gasteiger partial charge in [-0.25, -0.2) is 9.18 Å². The van der Waals surface area contributed by atoms with Crippen LogP contribution in [0.25, 0.3) is 33.7 Å². The lowest BCUT2D eigenvalue weighted by atomic mass is 9.84. The van der Waals surface area contributed by atoms with Gasteiger partial charge < -0.3 is 23.2 Å². The van der Waals surface area contributed by atoms with Gasteiger partial charge in [-0.3, -0.25) is 14.3 Å². The van der Waals surface area contributed by atoms with E-state index in [1.165, 1.54) is 16.7 Å². The molecule has 6 heterocycles. The number of fused-ring (bicyclic) bond motifs is 4. The lowest BCUT2D eigenvalue weighted by Crippen LogP contribution is -2.38. The van der Waals surface area contributed by atoms with Crippen LogP contribution in [0.4, 0.5) is 4.39 Å². The van der Waals surface area contributed by atoms with Crippen LogP contribution >= 0.6 is 0 Å². The van der Waals surface area contributed by atoms with Gasteiger partial charge in [0.15, 0.2) is 5.58 Å². The molecule has 2 fully saturated rings. The fraction of sp³-hybridized carbons (Fsp3) is 0.405. The summed E-state index contributed by atoms with van der Waals surface area (Å²) in [6.07, 6.45) is 3.32. The lowest BCUT2D eigenvalue weighted by Gasteiger charge is -2.35. The summed E-state index contributed by atoms with van der Waals surface area (Å²) in [6, 6.07) is 11.0. The van der Waals surface area contributed by atoms with E-state index >= 15 is 0 Å². The molecule has 0 spiro atoms. The number of hydrogen-bond acceptors (Lipinski definition) is 10. The number of ether oxygens (including phenoxy) is 2. The van der Waals surface area contributed by atoms with Gasteiger partial charge in [-0.05, 0) is 80.8 Å². The van der Waals surface area contributed by atoms with Gasteiger partial charge in [0.1, 0.15) is 11.9 Å². The predicted octanol–water partition coefficient (Wildman–Crippen LogP) is 5.74. The third-order valence-electron chi connectivity index (χ3n) is 10.00. The van der Waals surface area contributed by atoms with Crippen LogP contribution in [0.3, 0.4) is 0 Å². The largest absolute Gasteiger partial charge is 0.421 e. The minimum atomic E-state index is -0.661. The number of pyridine rings is 1. The molecule has 50 heavy (non-hydrogen) atoms. The van der Waals surface area contributed by atoms with Gasteiger partial charge in [-0.15, -0.1) is 10.2 Å². The van der Waals surface area contributed by atoms with Crippen LogP contribution in [-0.4, -0.2) is 62.5 Å². The molecule has 1 unspecified atom stereocenters. The second-order valence-electron chi connectivity index (χ2n) is 13.9. The summed E-state index contributed by atoms with van der Waals surface area (Å²) in [7, 11) is 0. The van der Waals surface area contributed by atoms with Gasteiger partial charge in [0.2, 0.25) is 11.8 Å². The van der Waals surface area contributed by atoms with Crippen LogP contribution in [-0.2, 0) is 22.4 Å². The summed E-state index contributed by atoms with van der Waals surface area (Å²) in [6.45, 7) is 7.89. The molecule has 3 aliphatic rings. The molecular weight excluding hydrogens is 643 g/mol. The zero-order valence-electron chi connectivity index (χ0n) is 28.0. The number of halogens is 1. The van der Waals surface area contributed by atoms with Gasteiger partial charge in [0.05, 0.1) is 65.0 Å². The van der Waals surface area contributed by atoms with E-state index in [1.807, 2.05) is 17.0 Å². The molecule has 8 rings (SSSR count). The predicted molar refractivity (Wildman–Crippen MR) is 178 cm³/mol. The van der Waals surface area contributed by atoms with Crippen molar-refractivity contribution in [1.82, 2.24) is 24.6 Å². The second-order valence-corrected chi connectivity index (χ2v) is 13.9. The molecule has 5 aromatic rings. The number of carbonyl (C=O) groups excluding carboxylic acids is 1. The Bertz CT molecular complexity index is 2260. The van der Waals surface area contributed by atoms with Gasteiger partial charge in [-0.2, -0.15) is 5.26 Å². The molecule has 2 atom stereocenters. The SMILES string of the molecule is Cc1nnc(-c2c(CCC3CCOC(C)(C)C3)nc3c(c2-c2ccc4c(c2)oc(=O)n4Cc2ccc(C#N)c(F)c2)C(=O)N2CCOC[C@H]32)o1. The highest BCUT2D eigenvalue weighted by Gasteiger charge is 2.44. The minimum absolute atomic E-state index is 0.0350. The molecule has 2 saturated heterocycles. The van der Waals surface area contributed by atoms with Crippen molar-refractivity contribution in [2.45, 2.75) is 64.6 Å². The number of nitrogens with zero attached hydrogens (tertiary/aromatic N) is 6. The van der Waals surface area contributed by atoms with Gasteiger partial charge in [0, 0.05) is 25.6 Å². The third-order valence-corrected chi connectivity index (χ3v) is 10.00. The van der Waals surface area contributed by atoms with Crippen LogP contribution in [0.5, 0.6) is 0 Å². The first kappa shape index (κ1) is 32.0. The molecule has 0 radical (unpaired) electrons. The third kappa shape index (κ3) is 5.58. The van der Waals surface area contributed by atoms with E-state index in [0.29, 0.717) is 83.6 Å². The molecule has 13 heteroatoms. The number of amides is 1. The average Bonchev–Trinajstić information content (AvgIpc) is 3.75. The fourth-order valence-electron chi connectivity index (χ4n) is 7.67. The highest BCUT2D eigenvalue weighted by atomic mass is 19.1. The van der Waals surface area contributed by atoms with Crippen LogP contribution in [0, 0.1) is 30.0 Å². The number of oxazole rings is 1. The maximum atomic E-state index is 14.4. The van der Waals surface area contributed by atoms with Crippen molar-refractivity contribution >= 4 is 17.0 Å². The van der Waals surface area contributed by atoms with Crippen molar-refractivity contribution < 1.29 is 27.5 Å². The smallest absolute Gasteiger partial charge is 0.420 e. The minimum Gasteiger partial charge on any atom is -0.421 e. The summed E-state index contributed by atoms with van der Waals surface area (Å²) in [5, 5.41) is 17.7. The van der Waals surface area contributed by atoms with Gasteiger partial charge >= 0.3 is 5.76 Å². The standard InChI is InChI=1S/C37H35FN6O6/c1-20-41-42-34(49-20)31-26(8-5-21-10-12-48-37(2,3)16-21)40-33-28-19-47-13-11-43(28)35(45)32(33)30(31)23-7-9-27-29(15-23)50-36(46)44(27)18-22-4-6-24(17-39)25(38)14-22/h4,6-7,9,14-15,21,28H,5,8,10-13,16,18-19H2,1-3H3/t21?,28-/m1/s1. The first-order valence-electron chi connectivity index (χ1n) is 16.8. The summed E-state index contributed by atoms with van der Waals surface area (Å²) >= 11 is 0.